The third kappa shape index (κ3) is 4.11. The van der Waals surface area contributed by atoms with Crippen molar-refractivity contribution in [1.29, 1.82) is 0 Å². The molecule has 0 saturated heterocycles. The molecule has 1 amide bonds. The summed E-state index contributed by atoms with van der Waals surface area (Å²) >= 11 is 0. The smallest absolute Gasteiger partial charge is 0.433 e. The van der Waals surface area contributed by atoms with Crippen LogP contribution in [0.25, 0.3) is 0 Å². The number of amides is 1. The van der Waals surface area contributed by atoms with Gasteiger partial charge < -0.3 is 4.74 Å². The first-order chi connectivity index (χ1) is 11.7. The first-order valence-corrected chi connectivity index (χ1v) is 7.94. The van der Waals surface area contributed by atoms with E-state index in [1.165, 1.54) is 7.11 Å². The van der Waals surface area contributed by atoms with Crippen LogP contribution in [0.4, 0.5) is 4.79 Å². The second-order valence-corrected chi connectivity index (χ2v) is 5.40. The molecule has 0 aliphatic heterocycles. The Morgan fingerprint density at radius 1 is 1.12 bits per heavy atom. The van der Waals surface area contributed by atoms with Crippen molar-refractivity contribution in [1.82, 2.24) is 0 Å². The lowest BCUT2D eigenvalue weighted by atomic mass is 9.79. The second kappa shape index (κ2) is 8.69. The van der Waals surface area contributed by atoms with Gasteiger partial charge >= 0.3 is 6.09 Å². The summed E-state index contributed by atoms with van der Waals surface area (Å²) in [6, 6.07) is 19.5. The van der Waals surface area contributed by atoms with E-state index in [9.17, 15) is 4.79 Å². The van der Waals surface area contributed by atoms with Gasteiger partial charge in [0.25, 0.3) is 0 Å². The number of carbonyl (C=O) groups is 1. The first-order valence-electron chi connectivity index (χ1n) is 7.94. The van der Waals surface area contributed by atoms with E-state index in [0.717, 1.165) is 17.5 Å². The van der Waals surface area contributed by atoms with Crippen molar-refractivity contribution < 1.29 is 9.53 Å². The summed E-state index contributed by atoms with van der Waals surface area (Å²) in [6.45, 7) is 2.05. The summed E-state index contributed by atoms with van der Waals surface area (Å²) in [7, 11) is 1.32. The molecule has 0 spiro atoms. The minimum absolute atomic E-state index is 0.0844. The number of carbonyl (C=O) groups excluding carboxylic acids is 1. The number of rotatable bonds is 5. The highest BCUT2D eigenvalue weighted by Gasteiger charge is 2.26. The van der Waals surface area contributed by atoms with Gasteiger partial charge in [-0.05, 0) is 17.5 Å². The lowest BCUT2D eigenvalue weighted by Gasteiger charge is -2.24. The Morgan fingerprint density at radius 2 is 1.71 bits per heavy atom. The van der Waals surface area contributed by atoms with Gasteiger partial charge in [-0.3, -0.25) is 0 Å². The molecule has 0 aliphatic carbocycles. The second-order valence-electron chi connectivity index (χ2n) is 5.40. The maximum atomic E-state index is 11.8. The van der Waals surface area contributed by atoms with Crippen molar-refractivity contribution in [3.63, 3.8) is 0 Å². The first kappa shape index (κ1) is 17.5. The zero-order valence-electron chi connectivity index (χ0n) is 14.0. The van der Waals surface area contributed by atoms with Gasteiger partial charge in [0, 0.05) is 5.92 Å². The van der Waals surface area contributed by atoms with E-state index in [4.69, 9.17) is 11.2 Å². The molecular formula is C21H21NO2. The zero-order chi connectivity index (χ0) is 17.4. The van der Waals surface area contributed by atoms with Crippen LogP contribution in [0.3, 0.4) is 0 Å². The summed E-state index contributed by atoms with van der Waals surface area (Å²) in [5.74, 6) is 2.63. The lowest BCUT2D eigenvalue weighted by molar-refractivity contribution is 0.182. The largest absolute Gasteiger partial charge is 0.451 e. The van der Waals surface area contributed by atoms with E-state index in [2.05, 4.69) is 10.9 Å². The van der Waals surface area contributed by atoms with Gasteiger partial charge in [0.1, 0.15) is 0 Å². The Bertz CT molecular complexity index is 729. The molecule has 0 heterocycles. The van der Waals surface area contributed by atoms with Crippen molar-refractivity contribution in [3.8, 4) is 12.3 Å². The van der Waals surface area contributed by atoms with Gasteiger partial charge in [-0.25, -0.2) is 4.79 Å². The highest BCUT2D eigenvalue weighted by Crippen LogP contribution is 2.30. The van der Waals surface area contributed by atoms with Crippen molar-refractivity contribution in [3.05, 3.63) is 71.8 Å². The van der Waals surface area contributed by atoms with E-state index < -0.39 is 6.09 Å². The average Bonchev–Trinajstić information content (AvgIpc) is 2.65. The molecule has 2 atom stereocenters. The molecule has 0 saturated carbocycles. The van der Waals surface area contributed by atoms with E-state index >= 15 is 0 Å². The molecule has 0 unspecified atom stereocenters. The fourth-order valence-electron chi connectivity index (χ4n) is 2.81. The Morgan fingerprint density at radius 3 is 2.21 bits per heavy atom. The van der Waals surface area contributed by atoms with Crippen LogP contribution < -0.4 is 0 Å². The molecule has 2 aromatic carbocycles. The normalized spacial score (nSPS) is 13.6. The monoisotopic (exact) mass is 319 g/mol. The van der Waals surface area contributed by atoms with Gasteiger partial charge in [-0.1, -0.05) is 73.5 Å². The third-order valence-electron chi connectivity index (χ3n) is 3.99. The van der Waals surface area contributed by atoms with Gasteiger partial charge in [0.05, 0.1) is 18.7 Å². The fraction of sp³-hybridized carbons (Fsp3) is 0.238. The van der Waals surface area contributed by atoms with Crippen LogP contribution in [0.5, 0.6) is 0 Å². The van der Waals surface area contributed by atoms with Gasteiger partial charge in [0.15, 0.2) is 0 Å². The minimum atomic E-state index is -0.615. The van der Waals surface area contributed by atoms with E-state index in [-0.39, 0.29) is 11.8 Å². The molecular weight excluding hydrogens is 298 g/mol. The predicted octanol–water partition coefficient (Wildman–Crippen LogP) is 4.69. The highest BCUT2D eigenvalue weighted by atomic mass is 16.5. The number of ether oxygens (including phenoxy) is 1. The molecule has 3 heteroatoms. The topological polar surface area (TPSA) is 38.7 Å². The predicted molar refractivity (Wildman–Crippen MR) is 97.2 cm³/mol. The summed E-state index contributed by atoms with van der Waals surface area (Å²) in [6.07, 6.45) is 5.98. The van der Waals surface area contributed by atoms with Crippen molar-refractivity contribution in [2.45, 2.75) is 19.3 Å². The van der Waals surface area contributed by atoms with Gasteiger partial charge in [-0.2, -0.15) is 4.99 Å². The molecule has 2 aromatic rings. The van der Waals surface area contributed by atoms with Gasteiger partial charge in [-0.15, -0.1) is 6.42 Å². The van der Waals surface area contributed by atoms with E-state index in [1.54, 1.807) is 0 Å². The van der Waals surface area contributed by atoms with Crippen LogP contribution >= 0.6 is 0 Å². The Labute approximate surface area is 143 Å². The standard InChI is InChI=1S/C21H21NO2/c1-4-18(16-12-8-6-9-13-16)19(5-2)20(22-21(23)24-3)17-14-10-7-11-15-17/h1,6-15,18-19H,5H2,2-3H3/b22-20+/t18-,19-/m1/s1. The number of hydrogen-bond donors (Lipinski definition) is 0. The zero-order valence-corrected chi connectivity index (χ0v) is 14.0. The van der Waals surface area contributed by atoms with Crippen LogP contribution in [-0.2, 0) is 4.74 Å². The molecule has 0 bridgehead atoms. The summed E-state index contributed by atoms with van der Waals surface area (Å²) in [4.78, 5) is 16.0. The molecule has 2 rings (SSSR count). The van der Waals surface area contributed by atoms with Crippen LogP contribution in [0.2, 0.25) is 0 Å². The van der Waals surface area contributed by atoms with Crippen molar-refractivity contribution in [2.75, 3.05) is 7.11 Å². The Kier molecular flexibility index (Phi) is 6.33. The lowest BCUT2D eigenvalue weighted by Crippen LogP contribution is -2.23. The Hall–Kier alpha value is -2.86. The maximum Gasteiger partial charge on any atom is 0.433 e. The molecule has 0 N–H and O–H groups in total. The molecule has 0 radical (unpaired) electrons. The van der Waals surface area contributed by atoms with Crippen LogP contribution in [0.1, 0.15) is 30.4 Å². The molecule has 3 nitrogen and oxygen atoms in total. The SMILES string of the molecule is C#C[C@H](c1ccccc1)[C@@H](CC)/C(=N/C(=O)OC)c1ccccc1. The van der Waals surface area contributed by atoms with Crippen LogP contribution in [0.15, 0.2) is 65.7 Å². The number of methoxy groups -OCH3 is 1. The maximum absolute atomic E-state index is 11.8. The number of benzene rings is 2. The summed E-state index contributed by atoms with van der Waals surface area (Å²) < 4.78 is 4.74. The molecule has 24 heavy (non-hydrogen) atoms. The fourth-order valence-corrected chi connectivity index (χ4v) is 2.81. The summed E-state index contributed by atoms with van der Waals surface area (Å²) in [5.41, 5.74) is 2.59. The average molecular weight is 319 g/mol. The summed E-state index contributed by atoms with van der Waals surface area (Å²) in [5, 5.41) is 0. The molecule has 0 aromatic heterocycles. The molecule has 0 fully saturated rings. The minimum Gasteiger partial charge on any atom is -0.451 e. The van der Waals surface area contributed by atoms with E-state index in [1.807, 2.05) is 67.6 Å². The molecule has 0 aliphatic rings. The van der Waals surface area contributed by atoms with E-state index in [0.29, 0.717) is 5.71 Å². The quantitative estimate of drug-likeness (QED) is 0.592. The van der Waals surface area contributed by atoms with Gasteiger partial charge in [0.2, 0.25) is 0 Å². The van der Waals surface area contributed by atoms with Crippen molar-refractivity contribution >= 4 is 11.8 Å². The Balaban J connectivity index is 2.51. The molecule has 122 valence electrons. The van der Waals surface area contributed by atoms with Crippen LogP contribution in [-0.4, -0.2) is 18.9 Å². The third-order valence-corrected chi connectivity index (χ3v) is 3.99. The number of terminal acetylenes is 1. The highest BCUT2D eigenvalue weighted by molar-refractivity contribution is 6.07. The number of aliphatic imine (C=N–C) groups is 1. The van der Waals surface area contributed by atoms with Crippen LogP contribution in [0, 0.1) is 18.3 Å². The van der Waals surface area contributed by atoms with Crippen molar-refractivity contribution in [2.24, 2.45) is 10.9 Å². The number of nitrogens with zero attached hydrogens (tertiary/aromatic N) is 1. The number of hydrogen-bond acceptors (Lipinski definition) is 2.